The third-order valence-electron chi connectivity index (χ3n) is 5.65. The fraction of sp³-hybridized carbons (Fsp3) is 0.167. The van der Waals surface area contributed by atoms with Crippen molar-refractivity contribution in [2.45, 2.75) is 0 Å². The Morgan fingerprint density at radius 1 is 0.933 bits per heavy atom. The molecule has 0 radical (unpaired) electrons. The number of thiophene rings is 1. The number of anilines is 1. The number of rotatable bonds is 3. The minimum absolute atomic E-state index is 0.740. The molecular weight excluding hydrogens is 392 g/mol. The monoisotopic (exact) mass is 412 g/mol. The van der Waals surface area contributed by atoms with E-state index in [-0.39, 0.29) is 0 Å². The second-order valence-corrected chi connectivity index (χ2v) is 8.56. The van der Waals surface area contributed by atoms with Gasteiger partial charge in [0.25, 0.3) is 0 Å². The number of ether oxygens (including phenoxy) is 1. The normalized spacial score (nSPS) is 14.6. The van der Waals surface area contributed by atoms with Crippen molar-refractivity contribution in [2.75, 3.05) is 31.2 Å². The maximum Gasteiger partial charge on any atom is 0.136 e. The van der Waals surface area contributed by atoms with Gasteiger partial charge in [0.05, 0.1) is 24.9 Å². The zero-order chi connectivity index (χ0) is 19.9. The number of benzene rings is 2. The van der Waals surface area contributed by atoms with Gasteiger partial charge >= 0.3 is 0 Å². The van der Waals surface area contributed by atoms with E-state index in [1.807, 2.05) is 29.8 Å². The number of fused-ring (bicyclic) bond motifs is 2. The van der Waals surface area contributed by atoms with Crippen LogP contribution in [0.3, 0.4) is 0 Å². The van der Waals surface area contributed by atoms with Crippen LogP contribution in [0.2, 0.25) is 0 Å². The number of nitrogens with zero attached hydrogens (tertiary/aromatic N) is 3. The van der Waals surface area contributed by atoms with Crippen LogP contribution < -0.4 is 4.90 Å². The average molecular weight is 413 g/mol. The number of morpholine rings is 1. The summed E-state index contributed by atoms with van der Waals surface area (Å²) >= 11 is 1.81. The minimum Gasteiger partial charge on any atom is -0.378 e. The highest BCUT2D eigenvalue weighted by molar-refractivity contribution is 7.22. The molecule has 148 valence electrons. The maximum atomic E-state index is 5.54. The molecular formula is C24H20N4OS. The van der Waals surface area contributed by atoms with Gasteiger partial charge in [-0.1, -0.05) is 18.2 Å². The summed E-state index contributed by atoms with van der Waals surface area (Å²) in [5.74, 6) is 1.02. The fourth-order valence-corrected chi connectivity index (χ4v) is 5.26. The lowest BCUT2D eigenvalue weighted by atomic mass is 9.99. The molecule has 4 heterocycles. The average Bonchev–Trinajstić information content (AvgIpc) is 3.46. The quantitative estimate of drug-likeness (QED) is 0.434. The van der Waals surface area contributed by atoms with Crippen LogP contribution in [0.25, 0.3) is 42.6 Å². The van der Waals surface area contributed by atoms with Gasteiger partial charge in [0, 0.05) is 45.4 Å². The van der Waals surface area contributed by atoms with Crippen molar-refractivity contribution in [1.29, 1.82) is 0 Å². The lowest BCUT2D eigenvalue weighted by Crippen LogP contribution is -2.37. The van der Waals surface area contributed by atoms with E-state index in [1.165, 1.54) is 20.5 Å². The highest BCUT2D eigenvalue weighted by Gasteiger charge is 2.19. The Morgan fingerprint density at radius 3 is 2.73 bits per heavy atom. The standard InChI is InChI=1S/C24H20N4OS/c1-2-6-21-16(4-1)14-22(30-21)20-13-17(12-18-15-26-27-23(18)20)19-5-3-7-25-24(19)28-8-10-29-11-9-28/h1-7,12-15H,8-11H2,(H,26,27). The van der Waals surface area contributed by atoms with E-state index < -0.39 is 0 Å². The highest BCUT2D eigenvalue weighted by atomic mass is 32.1. The van der Waals surface area contributed by atoms with Crippen molar-refractivity contribution < 1.29 is 4.74 Å². The Labute approximate surface area is 177 Å². The van der Waals surface area contributed by atoms with Gasteiger partial charge < -0.3 is 9.64 Å². The van der Waals surface area contributed by atoms with E-state index in [0.717, 1.165) is 54.2 Å². The SMILES string of the molecule is c1cnc(N2CCOCC2)c(-c2cc(-c3cc4ccccc4s3)c3[nH]ncc3c2)c1. The molecule has 1 saturated heterocycles. The van der Waals surface area contributed by atoms with Crippen LogP contribution >= 0.6 is 11.3 Å². The molecule has 30 heavy (non-hydrogen) atoms. The minimum atomic E-state index is 0.740. The largest absolute Gasteiger partial charge is 0.378 e. The Hall–Kier alpha value is -3.22. The second kappa shape index (κ2) is 7.23. The molecule has 0 unspecified atom stereocenters. The Balaban J connectivity index is 1.54. The molecule has 1 N–H and O–H groups in total. The predicted octanol–water partition coefficient (Wildman–Crippen LogP) is 5.34. The van der Waals surface area contributed by atoms with Crippen LogP contribution in [-0.4, -0.2) is 41.5 Å². The molecule has 6 rings (SSSR count). The van der Waals surface area contributed by atoms with E-state index in [4.69, 9.17) is 9.72 Å². The maximum absolute atomic E-state index is 5.54. The third-order valence-corrected chi connectivity index (χ3v) is 6.80. The molecule has 0 spiro atoms. The van der Waals surface area contributed by atoms with Gasteiger partial charge in [-0.3, -0.25) is 5.10 Å². The van der Waals surface area contributed by atoms with Crippen LogP contribution in [0, 0.1) is 0 Å². The third kappa shape index (κ3) is 2.96. The first kappa shape index (κ1) is 17.6. The molecule has 0 atom stereocenters. The molecule has 1 aliphatic heterocycles. The van der Waals surface area contributed by atoms with E-state index >= 15 is 0 Å². The first-order valence-electron chi connectivity index (χ1n) is 10.1. The molecule has 0 amide bonds. The van der Waals surface area contributed by atoms with Gasteiger partial charge in [-0.15, -0.1) is 11.3 Å². The first-order valence-corrected chi connectivity index (χ1v) is 10.9. The zero-order valence-corrected chi connectivity index (χ0v) is 17.2. The fourth-order valence-electron chi connectivity index (χ4n) is 4.17. The van der Waals surface area contributed by atoms with E-state index in [2.05, 4.69) is 63.6 Å². The van der Waals surface area contributed by atoms with Gasteiger partial charge in [0.2, 0.25) is 0 Å². The molecule has 1 aliphatic rings. The van der Waals surface area contributed by atoms with E-state index in [9.17, 15) is 0 Å². The number of hydrogen-bond acceptors (Lipinski definition) is 5. The smallest absolute Gasteiger partial charge is 0.136 e. The van der Waals surface area contributed by atoms with Gasteiger partial charge in [0.15, 0.2) is 0 Å². The summed E-state index contributed by atoms with van der Waals surface area (Å²) in [7, 11) is 0. The summed E-state index contributed by atoms with van der Waals surface area (Å²) in [4.78, 5) is 8.29. The van der Waals surface area contributed by atoms with Crippen LogP contribution in [0.15, 0.2) is 67.0 Å². The van der Waals surface area contributed by atoms with Gasteiger partial charge in [-0.05, 0) is 47.3 Å². The molecule has 0 bridgehead atoms. The molecule has 0 aliphatic carbocycles. The number of pyridine rings is 1. The topological polar surface area (TPSA) is 54.0 Å². The Kier molecular flexibility index (Phi) is 4.25. The molecule has 1 fully saturated rings. The van der Waals surface area contributed by atoms with E-state index in [1.54, 1.807) is 0 Å². The van der Waals surface area contributed by atoms with Crippen molar-refractivity contribution in [2.24, 2.45) is 0 Å². The molecule has 3 aromatic heterocycles. The van der Waals surface area contributed by atoms with Crippen LogP contribution in [0.1, 0.15) is 0 Å². The highest BCUT2D eigenvalue weighted by Crippen LogP contribution is 2.40. The van der Waals surface area contributed by atoms with Crippen molar-refractivity contribution in [3.05, 3.63) is 67.0 Å². The summed E-state index contributed by atoms with van der Waals surface area (Å²) in [5, 5.41) is 9.90. The summed E-state index contributed by atoms with van der Waals surface area (Å²) in [5.41, 5.74) is 4.55. The summed E-state index contributed by atoms with van der Waals surface area (Å²) < 4.78 is 6.83. The van der Waals surface area contributed by atoms with E-state index in [0.29, 0.717) is 0 Å². The van der Waals surface area contributed by atoms with Crippen molar-refractivity contribution in [3.63, 3.8) is 0 Å². The predicted molar refractivity (Wildman–Crippen MR) is 123 cm³/mol. The van der Waals surface area contributed by atoms with Crippen molar-refractivity contribution >= 4 is 38.1 Å². The summed E-state index contributed by atoms with van der Waals surface area (Å²) in [6.45, 7) is 3.20. The lowest BCUT2D eigenvalue weighted by Gasteiger charge is -2.29. The van der Waals surface area contributed by atoms with Gasteiger partial charge in [-0.25, -0.2) is 4.98 Å². The van der Waals surface area contributed by atoms with Crippen molar-refractivity contribution in [3.8, 4) is 21.6 Å². The number of nitrogens with one attached hydrogen (secondary N) is 1. The number of aromatic amines is 1. The second-order valence-electron chi connectivity index (χ2n) is 7.48. The molecule has 2 aromatic carbocycles. The van der Waals surface area contributed by atoms with Gasteiger partial charge in [-0.2, -0.15) is 5.10 Å². The number of H-pyrrole nitrogens is 1. The van der Waals surface area contributed by atoms with Crippen molar-refractivity contribution in [1.82, 2.24) is 15.2 Å². The Bertz CT molecular complexity index is 1320. The number of hydrogen-bond donors (Lipinski definition) is 1. The first-order chi connectivity index (χ1) is 14.9. The molecule has 0 saturated carbocycles. The zero-order valence-electron chi connectivity index (χ0n) is 16.3. The molecule has 5 nitrogen and oxygen atoms in total. The summed E-state index contributed by atoms with van der Waals surface area (Å²) in [6, 6.07) is 19.4. The van der Waals surface area contributed by atoms with Crippen LogP contribution in [0.4, 0.5) is 5.82 Å². The van der Waals surface area contributed by atoms with Gasteiger partial charge in [0.1, 0.15) is 5.82 Å². The molecule has 6 heteroatoms. The Morgan fingerprint density at radius 2 is 1.83 bits per heavy atom. The lowest BCUT2D eigenvalue weighted by molar-refractivity contribution is 0.122. The van der Waals surface area contributed by atoms with Crippen LogP contribution in [-0.2, 0) is 4.74 Å². The number of aromatic nitrogens is 3. The summed E-state index contributed by atoms with van der Waals surface area (Å²) in [6.07, 6.45) is 3.78. The van der Waals surface area contributed by atoms with Crippen LogP contribution in [0.5, 0.6) is 0 Å². The molecule has 5 aromatic rings.